The Morgan fingerprint density at radius 3 is 2.54 bits per heavy atom. The van der Waals surface area contributed by atoms with Crippen molar-refractivity contribution in [3.8, 4) is 17.5 Å². The molecule has 0 aliphatic heterocycles. The lowest BCUT2D eigenvalue weighted by molar-refractivity contribution is 0.0514. The SMILES string of the molecule is CCOC(=O)c1nn(-c2ccccc2)cc1OCc1ccc(C#N)cc1. The van der Waals surface area contributed by atoms with Crippen molar-refractivity contribution in [1.29, 1.82) is 5.26 Å². The summed E-state index contributed by atoms with van der Waals surface area (Å²) >= 11 is 0. The van der Waals surface area contributed by atoms with E-state index < -0.39 is 5.97 Å². The highest BCUT2D eigenvalue weighted by Gasteiger charge is 2.20. The molecule has 0 amide bonds. The van der Waals surface area contributed by atoms with Crippen molar-refractivity contribution in [2.45, 2.75) is 13.5 Å². The van der Waals surface area contributed by atoms with Crippen LogP contribution in [0.1, 0.15) is 28.5 Å². The van der Waals surface area contributed by atoms with Crippen molar-refractivity contribution in [2.75, 3.05) is 6.61 Å². The molecule has 0 unspecified atom stereocenters. The van der Waals surface area contributed by atoms with E-state index in [1.54, 1.807) is 29.9 Å². The van der Waals surface area contributed by atoms with Crippen LogP contribution >= 0.6 is 0 Å². The van der Waals surface area contributed by atoms with Crippen LogP contribution in [0.25, 0.3) is 5.69 Å². The van der Waals surface area contributed by atoms with Crippen molar-refractivity contribution in [1.82, 2.24) is 9.78 Å². The summed E-state index contributed by atoms with van der Waals surface area (Å²) in [7, 11) is 0. The summed E-state index contributed by atoms with van der Waals surface area (Å²) in [5, 5.41) is 13.2. The lowest BCUT2D eigenvalue weighted by atomic mass is 10.2. The van der Waals surface area contributed by atoms with Gasteiger partial charge in [-0.05, 0) is 36.8 Å². The highest BCUT2D eigenvalue weighted by Crippen LogP contribution is 2.22. The average Bonchev–Trinajstić information content (AvgIpc) is 3.12. The van der Waals surface area contributed by atoms with Gasteiger partial charge in [0.15, 0.2) is 5.75 Å². The van der Waals surface area contributed by atoms with Crippen molar-refractivity contribution >= 4 is 5.97 Å². The molecular weight excluding hydrogens is 330 g/mol. The Hall–Kier alpha value is -3.59. The molecule has 6 nitrogen and oxygen atoms in total. The van der Waals surface area contributed by atoms with Gasteiger partial charge in [0.2, 0.25) is 5.69 Å². The van der Waals surface area contributed by atoms with Gasteiger partial charge in [0, 0.05) is 0 Å². The van der Waals surface area contributed by atoms with E-state index in [1.807, 2.05) is 42.5 Å². The molecule has 0 aliphatic rings. The van der Waals surface area contributed by atoms with E-state index in [-0.39, 0.29) is 18.9 Å². The molecule has 1 heterocycles. The summed E-state index contributed by atoms with van der Waals surface area (Å²) in [5.41, 5.74) is 2.40. The molecule has 2 aromatic carbocycles. The molecule has 26 heavy (non-hydrogen) atoms. The molecular formula is C20H17N3O3. The Morgan fingerprint density at radius 2 is 1.88 bits per heavy atom. The fourth-order valence-corrected chi connectivity index (χ4v) is 2.35. The van der Waals surface area contributed by atoms with Crippen molar-refractivity contribution in [2.24, 2.45) is 0 Å². The predicted molar refractivity (Wildman–Crippen MR) is 95.0 cm³/mol. The quantitative estimate of drug-likeness (QED) is 0.638. The van der Waals surface area contributed by atoms with Crippen molar-refractivity contribution in [3.63, 3.8) is 0 Å². The van der Waals surface area contributed by atoms with E-state index in [2.05, 4.69) is 11.2 Å². The molecule has 0 spiro atoms. The minimum absolute atomic E-state index is 0.129. The fraction of sp³-hybridized carbons (Fsp3) is 0.150. The van der Waals surface area contributed by atoms with E-state index in [1.165, 1.54) is 0 Å². The number of aromatic nitrogens is 2. The third-order valence-electron chi connectivity index (χ3n) is 3.65. The van der Waals surface area contributed by atoms with Gasteiger partial charge in [-0.1, -0.05) is 30.3 Å². The molecule has 6 heteroatoms. The molecule has 3 rings (SSSR count). The van der Waals surface area contributed by atoms with Crippen LogP contribution in [0.15, 0.2) is 60.8 Å². The molecule has 0 bridgehead atoms. The second-order valence-corrected chi connectivity index (χ2v) is 5.44. The number of hydrogen-bond donors (Lipinski definition) is 0. The zero-order valence-electron chi connectivity index (χ0n) is 14.3. The van der Waals surface area contributed by atoms with Gasteiger partial charge < -0.3 is 9.47 Å². The summed E-state index contributed by atoms with van der Waals surface area (Å²) in [6.45, 7) is 2.24. The maximum atomic E-state index is 12.2. The number of esters is 1. The molecule has 0 saturated carbocycles. The van der Waals surface area contributed by atoms with Crippen LogP contribution in [0.3, 0.4) is 0 Å². The Morgan fingerprint density at radius 1 is 1.15 bits per heavy atom. The minimum atomic E-state index is -0.531. The normalized spacial score (nSPS) is 10.2. The number of benzene rings is 2. The highest BCUT2D eigenvalue weighted by molar-refractivity contribution is 5.90. The molecule has 1 aromatic heterocycles. The number of rotatable bonds is 6. The summed E-state index contributed by atoms with van der Waals surface area (Å²) in [5.74, 6) is -0.186. The number of ether oxygens (including phenoxy) is 2. The van der Waals surface area contributed by atoms with Gasteiger partial charge in [0.25, 0.3) is 0 Å². The van der Waals surface area contributed by atoms with Gasteiger partial charge in [-0.25, -0.2) is 9.48 Å². The first-order chi connectivity index (χ1) is 12.7. The van der Waals surface area contributed by atoms with Crippen LogP contribution in [0.2, 0.25) is 0 Å². The topological polar surface area (TPSA) is 77.1 Å². The van der Waals surface area contributed by atoms with Crippen molar-refractivity contribution < 1.29 is 14.3 Å². The van der Waals surface area contributed by atoms with Crippen LogP contribution in [-0.2, 0) is 11.3 Å². The first-order valence-corrected chi connectivity index (χ1v) is 8.15. The Labute approximate surface area is 151 Å². The highest BCUT2D eigenvalue weighted by atomic mass is 16.5. The molecule has 130 valence electrons. The predicted octanol–water partition coefficient (Wildman–Crippen LogP) is 3.50. The van der Waals surface area contributed by atoms with Crippen LogP contribution in [0.4, 0.5) is 0 Å². The smallest absolute Gasteiger partial charge is 0.362 e. The molecule has 0 fully saturated rings. The first kappa shape index (κ1) is 17.2. The number of carbonyl (C=O) groups excluding carboxylic acids is 1. The molecule has 0 aliphatic carbocycles. The third kappa shape index (κ3) is 3.90. The van der Waals surface area contributed by atoms with Crippen LogP contribution in [0.5, 0.6) is 5.75 Å². The fourth-order valence-electron chi connectivity index (χ4n) is 2.35. The Kier molecular flexibility index (Phi) is 5.30. The average molecular weight is 347 g/mol. The standard InChI is InChI=1S/C20H17N3O3/c1-2-25-20(24)19-18(13-23(22-19)17-6-4-3-5-7-17)26-14-16-10-8-15(12-21)9-11-16/h3-11,13H,2,14H2,1H3. The van der Waals surface area contributed by atoms with Gasteiger partial charge >= 0.3 is 5.97 Å². The molecule has 0 atom stereocenters. The molecule has 3 aromatic rings. The molecule has 0 saturated heterocycles. The Bertz CT molecular complexity index is 925. The second kappa shape index (κ2) is 7.99. The van der Waals surface area contributed by atoms with Gasteiger partial charge in [-0.15, -0.1) is 0 Å². The first-order valence-electron chi connectivity index (χ1n) is 8.15. The minimum Gasteiger partial charge on any atom is -0.485 e. The number of nitriles is 1. The Balaban J connectivity index is 1.85. The maximum absolute atomic E-state index is 12.2. The molecule has 0 N–H and O–H groups in total. The lowest BCUT2D eigenvalue weighted by Gasteiger charge is -2.06. The van der Waals surface area contributed by atoms with Gasteiger partial charge in [-0.3, -0.25) is 0 Å². The zero-order chi connectivity index (χ0) is 18.4. The number of nitrogens with zero attached hydrogens (tertiary/aromatic N) is 3. The monoisotopic (exact) mass is 347 g/mol. The maximum Gasteiger partial charge on any atom is 0.362 e. The van der Waals surface area contributed by atoms with Crippen LogP contribution in [0, 0.1) is 11.3 Å². The summed E-state index contributed by atoms with van der Waals surface area (Å²) in [4.78, 5) is 12.2. The zero-order valence-corrected chi connectivity index (χ0v) is 14.3. The van der Waals surface area contributed by atoms with Gasteiger partial charge in [0.1, 0.15) is 6.61 Å². The van der Waals surface area contributed by atoms with Crippen LogP contribution < -0.4 is 4.74 Å². The number of hydrogen-bond acceptors (Lipinski definition) is 5. The van der Waals surface area contributed by atoms with E-state index in [0.29, 0.717) is 11.3 Å². The lowest BCUT2D eigenvalue weighted by Crippen LogP contribution is -2.08. The van der Waals surface area contributed by atoms with E-state index in [0.717, 1.165) is 11.3 Å². The van der Waals surface area contributed by atoms with Gasteiger partial charge in [0.05, 0.1) is 30.1 Å². The van der Waals surface area contributed by atoms with Crippen molar-refractivity contribution in [3.05, 3.63) is 77.6 Å². The second-order valence-electron chi connectivity index (χ2n) is 5.44. The summed E-state index contributed by atoms with van der Waals surface area (Å²) in [6.07, 6.45) is 1.66. The summed E-state index contributed by atoms with van der Waals surface area (Å²) < 4.78 is 12.5. The van der Waals surface area contributed by atoms with E-state index >= 15 is 0 Å². The number of carbonyl (C=O) groups is 1. The molecule has 0 radical (unpaired) electrons. The van der Waals surface area contributed by atoms with E-state index in [9.17, 15) is 4.79 Å². The number of para-hydroxylation sites is 1. The largest absolute Gasteiger partial charge is 0.485 e. The van der Waals surface area contributed by atoms with Crippen LogP contribution in [-0.4, -0.2) is 22.4 Å². The summed E-state index contributed by atoms with van der Waals surface area (Å²) in [6, 6.07) is 18.6. The van der Waals surface area contributed by atoms with Gasteiger partial charge in [-0.2, -0.15) is 10.4 Å². The third-order valence-corrected chi connectivity index (χ3v) is 3.65. The van der Waals surface area contributed by atoms with E-state index in [4.69, 9.17) is 14.7 Å².